The summed E-state index contributed by atoms with van der Waals surface area (Å²) >= 11 is 1.38. The molecular formula is C17H19N5OS. The molecule has 1 amide bonds. The van der Waals surface area contributed by atoms with E-state index in [2.05, 4.69) is 34.2 Å². The number of carbonyl (C=O) groups is 1. The van der Waals surface area contributed by atoms with Crippen molar-refractivity contribution in [2.45, 2.75) is 24.8 Å². The molecule has 0 spiro atoms. The average molecular weight is 341 g/mol. The van der Waals surface area contributed by atoms with Gasteiger partial charge in [0, 0.05) is 12.7 Å². The topological polar surface area (TPSA) is 72.7 Å². The molecule has 0 unspecified atom stereocenters. The van der Waals surface area contributed by atoms with E-state index in [0.717, 1.165) is 21.7 Å². The van der Waals surface area contributed by atoms with Gasteiger partial charge in [-0.2, -0.15) is 5.10 Å². The summed E-state index contributed by atoms with van der Waals surface area (Å²) in [6.07, 6.45) is 3.22. The van der Waals surface area contributed by atoms with Crippen LogP contribution in [0.25, 0.3) is 11.0 Å². The number of benzene rings is 1. The molecule has 0 bridgehead atoms. The average Bonchev–Trinajstić information content (AvgIpc) is 2.95. The summed E-state index contributed by atoms with van der Waals surface area (Å²) in [5.41, 5.74) is 2.82. The Labute approximate surface area is 144 Å². The minimum Gasteiger partial charge on any atom is -0.325 e. The standard InChI is InChI=1S/C17H19N5OS/c1-11(2)12-4-6-13(7-5-12)21-15(23)9-24-17-14-8-20-22(3)16(14)18-10-19-17/h4-8,10-11H,9H2,1-3H3,(H,21,23). The number of thioether (sulfide) groups is 1. The molecule has 0 aliphatic heterocycles. The highest BCUT2D eigenvalue weighted by molar-refractivity contribution is 8.00. The summed E-state index contributed by atoms with van der Waals surface area (Å²) in [7, 11) is 1.83. The van der Waals surface area contributed by atoms with Crippen molar-refractivity contribution < 1.29 is 4.79 Å². The third-order valence-corrected chi connectivity index (χ3v) is 4.70. The Morgan fingerprint density at radius 2 is 2.00 bits per heavy atom. The number of nitrogens with one attached hydrogen (secondary N) is 1. The van der Waals surface area contributed by atoms with E-state index in [-0.39, 0.29) is 11.7 Å². The van der Waals surface area contributed by atoms with Crippen LogP contribution < -0.4 is 5.32 Å². The summed E-state index contributed by atoms with van der Waals surface area (Å²) < 4.78 is 1.69. The summed E-state index contributed by atoms with van der Waals surface area (Å²) in [4.78, 5) is 20.6. The van der Waals surface area contributed by atoms with Crippen molar-refractivity contribution in [1.82, 2.24) is 19.7 Å². The van der Waals surface area contributed by atoms with Crippen LogP contribution in [0.2, 0.25) is 0 Å². The van der Waals surface area contributed by atoms with E-state index in [9.17, 15) is 4.79 Å². The lowest BCUT2D eigenvalue weighted by molar-refractivity contribution is -0.113. The van der Waals surface area contributed by atoms with E-state index in [4.69, 9.17) is 0 Å². The first kappa shape index (κ1) is 16.4. The highest BCUT2D eigenvalue weighted by Gasteiger charge is 2.11. The van der Waals surface area contributed by atoms with Crippen LogP contribution in [0.15, 0.2) is 41.8 Å². The van der Waals surface area contributed by atoms with Gasteiger partial charge in [-0.15, -0.1) is 0 Å². The summed E-state index contributed by atoms with van der Waals surface area (Å²) in [5.74, 6) is 0.699. The van der Waals surface area contributed by atoms with Crippen molar-refractivity contribution in [3.05, 3.63) is 42.4 Å². The van der Waals surface area contributed by atoms with Gasteiger partial charge in [-0.25, -0.2) is 9.97 Å². The molecule has 0 radical (unpaired) electrons. The second-order valence-corrected chi connectivity index (χ2v) is 6.76. The highest BCUT2D eigenvalue weighted by atomic mass is 32.2. The van der Waals surface area contributed by atoms with Gasteiger partial charge >= 0.3 is 0 Å². The maximum Gasteiger partial charge on any atom is 0.234 e. The predicted octanol–water partition coefficient (Wildman–Crippen LogP) is 3.22. The van der Waals surface area contributed by atoms with E-state index < -0.39 is 0 Å². The summed E-state index contributed by atoms with van der Waals surface area (Å²) in [5, 5.41) is 8.70. The van der Waals surface area contributed by atoms with Gasteiger partial charge in [0.2, 0.25) is 5.91 Å². The summed E-state index contributed by atoms with van der Waals surface area (Å²) in [6.45, 7) is 4.29. The number of anilines is 1. The molecule has 3 rings (SSSR count). The first-order valence-electron chi connectivity index (χ1n) is 7.70. The number of rotatable bonds is 5. The molecule has 6 nitrogen and oxygen atoms in total. The van der Waals surface area contributed by atoms with Crippen molar-refractivity contribution in [2.24, 2.45) is 7.05 Å². The number of carbonyl (C=O) groups excluding carboxylic acids is 1. The molecule has 0 saturated carbocycles. The van der Waals surface area contributed by atoms with Crippen LogP contribution in [-0.2, 0) is 11.8 Å². The minimum atomic E-state index is -0.0621. The maximum atomic E-state index is 12.1. The molecular weight excluding hydrogens is 322 g/mol. The Morgan fingerprint density at radius 1 is 1.25 bits per heavy atom. The lowest BCUT2D eigenvalue weighted by Gasteiger charge is -2.08. The van der Waals surface area contributed by atoms with Crippen LogP contribution in [-0.4, -0.2) is 31.4 Å². The molecule has 2 heterocycles. The summed E-state index contributed by atoms with van der Waals surface area (Å²) in [6, 6.07) is 7.94. The Hall–Kier alpha value is -2.41. The minimum absolute atomic E-state index is 0.0621. The molecule has 7 heteroatoms. The second-order valence-electron chi connectivity index (χ2n) is 5.80. The Balaban J connectivity index is 1.62. The zero-order valence-electron chi connectivity index (χ0n) is 13.9. The molecule has 0 aliphatic carbocycles. The molecule has 24 heavy (non-hydrogen) atoms. The maximum absolute atomic E-state index is 12.1. The van der Waals surface area contributed by atoms with Crippen molar-refractivity contribution >= 4 is 34.4 Å². The first-order chi connectivity index (χ1) is 11.5. The van der Waals surface area contributed by atoms with Crippen molar-refractivity contribution in [2.75, 3.05) is 11.1 Å². The molecule has 124 valence electrons. The van der Waals surface area contributed by atoms with Crippen LogP contribution in [0.5, 0.6) is 0 Å². The lowest BCUT2D eigenvalue weighted by atomic mass is 10.0. The largest absolute Gasteiger partial charge is 0.325 e. The van der Waals surface area contributed by atoms with Gasteiger partial charge in [-0.05, 0) is 23.6 Å². The monoisotopic (exact) mass is 341 g/mol. The van der Waals surface area contributed by atoms with Crippen molar-refractivity contribution in [3.8, 4) is 0 Å². The Bertz CT molecular complexity index is 857. The van der Waals surface area contributed by atoms with Crippen LogP contribution in [0.3, 0.4) is 0 Å². The number of hydrogen-bond donors (Lipinski definition) is 1. The normalized spacial score (nSPS) is 11.2. The molecule has 0 saturated heterocycles. The molecule has 0 atom stereocenters. The molecule has 0 fully saturated rings. The lowest BCUT2D eigenvalue weighted by Crippen LogP contribution is -2.14. The van der Waals surface area contributed by atoms with Gasteiger partial charge < -0.3 is 5.32 Å². The molecule has 1 N–H and O–H groups in total. The number of aryl methyl sites for hydroxylation is 1. The number of fused-ring (bicyclic) bond motifs is 1. The zero-order chi connectivity index (χ0) is 17.1. The zero-order valence-corrected chi connectivity index (χ0v) is 14.7. The van der Waals surface area contributed by atoms with E-state index in [1.165, 1.54) is 23.7 Å². The van der Waals surface area contributed by atoms with E-state index in [1.807, 2.05) is 31.3 Å². The quantitative estimate of drug-likeness (QED) is 0.570. The van der Waals surface area contributed by atoms with Gasteiger partial charge in [-0.1, -0.05) is 37.7 Å². The number of amides is 1. The molecule has 0 aliphatic rings. The van der Waals surface area contributed by atoms with Crippen molar-refractivity contribution in [3.63, 3.8) is 0 Å². The van der Waals surface area contributed by atoms with Crippen LogP contribution in [0, 0.1) is 0 Å². The van der Waals surface area contributed by atoms with E-state index in [1.54, 1.807) is 10.9 Å². The number of nitrogens with zero attached hydrogens (tertiary/aromatic N) is 4. The fourth-order valence-electron chi connectivity index (χ4n) is 2.34. The fraction of sp³-hybridized carbons (Fsp3) is 0.294. The van der Waals surface area contributed by atoms with Gasteiger partial charge in [0.05, 0.1) is 17.3 Å². The fourth-order valence-corrected chi connectivity index (χ4v) is 3.10. The highest BCUT2D eigenvalue weighted by Crippen LogP contribution is 2.24. The first-order valence-corrected chi connectivity index (χ1v) is 8.68. The van der Waals surface area contributed by atoms with E-state index >= 15 is 0 Å². The van der Waals surface area contributed by atoms with Gasteiger partial charge in [0.25, 0.3) is 0 Å². The number of aromatic nitrogens is 4. The predicted molar refractivity (Wildman–Crippen MR) is 96.2 cm³/mol. The van der Waals surface area contributed by atoms with Gasteiger partial charge in [-0.3, -0.25) is 9.48 Å². The number of hydrogen-bond acceptors (Lipinski definition) is 5. The smallest absolute Gasteiger partial charge is 0.234 e. The Kier molecular flexibility index (Phi) is 4.80. The Morgan fingerprint density at radius 3 is 2.71 bits per heavy atom. The molecule has 2 aromatic heterocycles. The molecule has 3 aromatic rings. The van der Waals surface area contributed by atoms with Gasteiger partial charge in [0.15, 0.2) is 5.65 Å². The van der Waals surface area contributed by atoms with Crippen LogP contribution in [0.4, 0.5) is 5.69 Å². The SMILES string of the molecule is CC(C)c1ccc(NC(=O)CSc2ncnc3c2cnn3C)cc1. The van der Waals surface area contributed by atoms with Gasteiger partial charge in [0.1, 0.15) is 11.4 Å². The molecule has 1 aromatic carbocycles. The van der Waals surface area contributed by atoms with E-state index in [0.29, 0.717) is 5.92 Å². The van der Waals surface area contributed by atoms with Crippen LogP contribution >= 0.6 is 11.8 Å². The third-order valence-electron chi connectivity index (χ3n) is 3.69. The van der Waals surface area contributed by atoms with Crippen LogP contribution in [0.1, 0.15) is 25.3 Å². The van der Waals surface area contributed by atoms with Crippen molar-refractivity contribution in [1.29, 1.82) is 0 Å². The third kappa shape index (κ3) is 3.56. The second kappa shape index (κ2) is 7.00.